The summed E-state index contributed by atoms with van der Waals surface area (Å²) in [5.74, 6) is 0.734. The van der Waals surface area contributed by atoms with Crippen LogP contribution in [0.4, 0.5) is 0 Å². The molecule has 1 fully saturated rings. The molecule has 22 heavy (non-hydrogen) atoms. The van der Waals surface area contributed by atoms with Crippen molar-refractivity contribution in [2.75, 3.05) is 18.8 Å². The minimum absolute atomic E-state index is 0.244. The number of para-hydroxylation sites is 1. The Bertz CT molecular complexity index is 693. The fourth-order valence-electron chi connectivity index (χ4n) is 2.98. The molecule has 1 amide bonds. The second-order valence-corrected chi connectivity index (χ2v) is 6.97. The van der Waals surface area contributed by atoms with Gasteiger partial charge in [0.25, 0.3) is 0 Å². The predicted octanol–water partition coefficient (Wildman–Crippen LogP) is 3.96. The summed E-state index contributed by atoms with van der Waals surface area (Å²) in [4.78, 5) is 19.0. The number of hydrogen-bond donors (Lipinski definition) is 0. The minimum atomic E-state index is 0.244. The lowest BCUT2D eigenvalue weighted by atomic mass is 10.1. The lowest BCUT2D eigenvalue weighted by Crippen LogP contribution is -2.36. The molecular formula is C18H22N2OS. The van der Waals surface area contributed by atoms with Gasteiger partial charge in [-0.2, -0.15) is 0 Å². The van der Waals surface area contributed by atoms with Gasteiger partial charge in [0.1, 0.15) is 0 Å². The number of thioether (sulfide) groups is 1. The Morgan fingerprint density at radius 2 is 1.95 bits per heavy atom. The summed E-state index contributed by atoms with van der Waals surface area (Å²) < 4.78 is 0. The van der Waals surface area contributed by atoms with E-state index in [2.05, 4.69) is 38.1 Å². The van der Waals surface area contributed by atoms with Gasteiger partial charge in [0.15, 0.2) is 0 Å². The standard InChI is InChI=1S/C18H22N2OS/c1-13-7-6-8-15-14(2)11-16(19-18(13)15)22-12-17(21)20-9-4-3-5-10-20/h6-8,11H,3-5,9-10,12H2,1-2H3. The van der Waals surface area contributed by atoms with Crippen LogP contribution in [0.5, 0.6) is 0 Å². The van der Waals surface area contributed by atoms with E-state index in [1.165, 1.54) is 22.9 Å². The molecule has 0 saturated carbocycles. The minimum Gasteiger partial charge on any atom is -0.342 e. The average Bonchev–Trinajstić information content (AvgIpc) is 2.54. The predicted molar refractivity (Wildman–Crippen MR) is 92.4 cm³/mol. The number of likely N-dealkylation sites (tertiary alicyclic amines) is 1. The normalized spacial score (nSPS) is 15.3. The van der Waals surface area contributed by atoms with Gasteiger partial charge >= 0.3 is 0 Å². The summed E-state index contributed by atoms with van der Waals surface area (Å²) in [5.41, 5.74) is 3.46. The summed E-state index contributed by atoms with van der Waals surface area (Å²) in [6.07, 6.45) is 3.54. The maximum atomic E-state index is 12.3. The van der Waals surface area contributed by atoms with Crippen LogP contribution in [0, 0.1) is 13.8 Å². The monoisotopic (exact) mass is 314 g/mol. The summed E-state index contributed by atoms with van der Waals surface area (Å²) in [5, 5.41) is 2.15. The number of carbonyl (C=O) groups excluding carboxylic acids is 1. The molecule has 3 nitrogen and oxygen atoms in total. The average molecular weight is 314 g/mol. The molecule has 1 aromatic carbocycles. The SMILES string of the molecule is Cc1cc(SCC(=O)N2CCCCC2)nc2c(C)cccc12. The van der Waals surface area contributed by atoms with Crippen molar-refractivity contribution in [1.82, 2.24) is 9.88 Å². The van der Waals surface area contributed by atoms with E-state index in [1.54, 1.807) is 11.8 Å². The van der Waals surface area contributed by atoms with Gasteiger partial charge in [-0.15, -0.1) is 0 Å². The molecule has 0 N–H and O–H groups in total. The van der Waals surface area contributed by atoms with Gasteiger partial charge in [-0.25, -0.2) is 4.98 Å². The van der Waals surface area contributed by atoms with E-state index in [1.807, 2.05) is 4.90 Å². The van der Waals surface area contributed by atoms with Gasteiger partial charge in [0.2, 0.25) is 5.91 Å². The molecule has 0 radical (unpaired) electrons. The Morgan fingerprint density at radius 3 is 2.73 bits per heavy atom. The molecule has 4 heteroatoms. The maximum absolute atomic E-state index is 12.3. The van der Waals surface area contributed by atoms with Crippen LogP contribution in [0.25, 0.3) is 10.9 Å². The largest absolute Gasteiger partial charge is 0.342 e. The van der Waals surface area contributed by atoms with Gasteiger partial charge in [0.05, 0.1) is 16.3 Å². The second kappa shape index (κ2) is 6.69. The number of fused-ring (bicyclic) bond motifs is 1. The zero-order valence-corrected chi connectivity index (χ0v) is 14.1. The molecule has 1 aliphatic rings. The fourth-order valence-corrected chi connectivity index (χ4v) is 3.85. The van der Waals surface area contributed by atoms with Crippen LogP contribution < -0.4 is 0 Å². The molecule has 1 aromatic heterocycles. The van der Waals surface area contributed by atoms with Gasteiger partial charge < -0.3 is 4.90 Å². The van der Waals surface area contributed by atoms with E-state index >= 15 is 0 Å². The number of benzene rings is 1. The highest BCUT2D eigenvalue weighted by atomic mass is 32.2. The lowest BCUT2D eigenvalue weighted by Gasteiger charge is -2.26. The Labute approximate surface area is 136 Å². The number of aromatic nitrogens is 1. The molecule has 2 heterocycles. The number of rotatable bonds is 3. The highest BCUT2D eigenvalue weighted by molar-refractivity contribution is 7.99. The van der Waals surface area contributed by atoms with Crippen molar-refractivity contribution in [3.63, 3.8) is 0 Å². The van der Waals surface area contributed by atoms with E-state index in [4.69, 9.17) is 4.98 Å². The van der Waals surface area contributed by atoms with Crippen LogP contribution in [0.15, 0.2) is 29.3 Å². The smallest absolute Gasteiger partial charge is 0.232 e. The first-order chi connectivity index (χ1) is 10.6. The number of amides is 1. The zero-order chi connectivity index (χ0) is 15.5. The Kier molecular flexibility index (Phi) is 4.67. The number of piperidine rings is 1. The molecule has 0 aliphatic carbocycles. The summed E-state index contributed by atoms with van der Waals surface area (Å²) >= 11 is 1.56. The van der Waals surface area contributed by atoms with Crippen molar-refractivity contribution < 1.29 is 4.79 Å². The summed E-state index contributed by atoms with van der Waals surface area (Å²) in [6, 6.07) is 8.36. The zero-order valence-electron chi connectivity index (χ0n) is 13.3. The first-order valence-electron chi connectivity index (χ1n) is 7.93. The topological polar surface area (TPSA) is 33.2 Å². The van der Waals surface area contributed by atoms with Gasteiger partial charge in [-0.1, -0.05) is 30.0 Å². The van der Waals surface area contributed by atoms with E-state index < -0.39 is 0 Å². The second-order valence-electron chi connectivity index (χ2n) is 5.98. The van der Waals surface area contributed by atoms with Crippen molar-refractivity contribution in [3.05, 3.63) is 35.4 Å². The molecule has 0 spiro atoms. The molecule has 116 valence electrons. The van der Waals surface area contributed by atoms with Crippen LogP contribution in [-0.4, -0.2) is 34.6 Å². The van der Waals surface area contributed by atoms with Gasteiger partial charge in [0, 0.05) is 18.5 Å². The fraction of sp³-hybridized carbons (Fsp3) is 0.444. The van der Waals surface area contributed by atoms with Crippen LogP contribution in [0.2, 0.25) is 0 Å². The molecule has 0 atom stereocenters. The summed E-state index contributed by atoms with van der Waals surface area (Å²) in [6.45, 7) is 6.04. The van der Waals surface area contributed by atoms with Crippen molar-refractivity contribution in [3.8, 4) is 0 Å². The molecule has 0 bridgehead atoms. The molecule has 3 rings (SSSR count). The molecule has 0 unspecified atom stereocenters. The first kappa shape index (κ1) is 15.3. The number of nitrogens with zero attached hydrogens (tertiary/aromatic N) is 2. The number of aryl methyl sites for hydroxylation is 2. The van der Waals surface area contributed by atoms with Crippen molar-refractivity contribution in [2.45, 2.75) is 38.1 Å². The molecule has 1 saturated heterocycles. The quantitative estimate of drug-likeness (QED) is 0.804. The maximum Gasteiger partial charge on any atom is 0.232 e. The third-order valence-electron chi connectivity index (χ3n) is 4.28. The Morgan fingerprint density at radius 1 is 1.18 bits per heavy atom. The third kappa shape index (κ3) is 3.27. The number of pyridine rings is 1. The molecule has 2 aromatic rings. The molecule has 1 aliphatic heterocycles. The van der Waals surface area contributed by atoms with E-state index in [0.717, 1.165) is 36.5 Å². The third-order valence-corrected chi connectivity index (χ3v) is 5.17. The van der Waals surface area contributed by atoms with Crippen LogP contribution in [0.3, 0.4) is 0 Å². The van der Waals surface area contributed by atoms with Crippen molar-refractivity contribution in [2.24, 2.45) is 0 Å². The van der Waals surface area contributed by atoms with E-state index in [-0.39, 0.29) is 5.91 Å². The number of carbonyl (C=O) groups is 1. The van der Waals surface area contributed by atoms with Crippen LogP contribution in [0.1, 0.15) is 30.4 Å². The van der Waals surface area contributed by atoms with Gasteiger partial charge in [-0.3, -0.25) is 4.79 Å². The van der Waals surface area contributed by atoms with E-state index in [9.17, 15) is 4.79 Å². The van der Waals surface area contributed by atoms with Crippen molar-refractivity contribution >= 4 is 28.6 Å². The van der Waals surface area contributed by atoms with Crippen LogP contribution in [-0.2, 0) is 4.79 Å². The highest BCUT2D eigenvalue weighted by Crippen LogP contribution is 2.26. The van der Waals surface area contributed by atoms with Gasteiger partial charge in [-0.05, 0) is 50.3 Å². The van der Waals surface area contributed by atoms with Crippen molar-refractivity contribution in [1.29, 1.82) is 0 Å². The first-order valence-corrected chi connectivity index (χ1v) is 8.91. The highest BCUT2D eigenvalue weighted by Gasteiger charge is 2.17. The Hall–Kier alpha value is -1.55. The van der Waals surface area contributed by atoms with Crippen LogP contribution >= 0.6 is 11.8 Å². The Balaban J connectivity index is 1.74. The molecular weight excluding hydrogens is 292 g/mol. The van der Waals surface area contributed by atoms with E-state index in [0.29, 0.717) is 5.75 Å². The summed E-state index contributed by atoms with van der Waals surface area (Å²) in [7, 11) is 0. The number of hydrogen-bond acceptors (Lipinski definition) is 3. The lowest BCUT2D eigenvalue weighted by molar-refractivity contribution is -0.129.